The maximum atomic E-state index is 12.4. The number of rotatable bonds is 5. The number of fused-ring (bicyclic) bond motifs is 2. The van der Waals surface area contributed by atoms with Gasteiger partial charge < -0.3 is 20.1 Å². The number of amides is 2. The molecule has 2 N–H and O–H groups in total. The van der Waals surface area contributed by atoms with E-state index in [1.165, 1.54) is 18.1 Å². The number of para-hydroxylation sites is 2. The molecule has 2 aromatic rings. The summed E-state index contributed by atoms with van der Waals surface area (Å²) in [6.07, 6.45) is 0.937. The van der Waals surface area contributed by atoms with Crippen LogP contribution >= 0.6 is 0 Å². The minimum absolute atomic E-state index is 0.281. The molecule has 0 fully saturated rings. The third-order valence-electron chi connectivity index (χ3n) is 5.10. The van der Waals surface area contributed by atoms with Crippen molar-refractivity contribution in [2.75, 3.05) is 10.6 Å². The van der Waals surface area contributed by atoms with Crippen LogP contribution in [-0.2, 0) is 32.0 Å². The lowest BCUT2D eigenvalue weighted by Gasteiger charge is -2.25. The highest BCUT2D eigenvalue weighted by Gasteiger charge is 2.31. The van der Waals surface area contributed by atoms with E-state index in [0.717, 1.165) is 19.3 Å². The van der Waals surface area contributed by atoms with Crippen molar-refractivity contribution in [3.8, 4) is 5.75 Å². The van der Waals surface area contributed by atoms with Crippen LogP contribution in [0.15, 0.2) is 42.5 Å². The van der Waals surface area contributed by atoms with E-state index in [4.69, 9.17) is 9.47 Å². The molecule has 0 spiro atoms. The van der Waals surface area contributed by atoms with Crippen molar-refractivity contribution in [2.45, 2.75) is 44.8 Å². The SMILES string of the molecule is C[C@H](OC(=O)C[C@@H]1Oc2ccccc2NC1=O)C(=O)Nc1ccc2c(c1)CCC2. The Morgan fingerprint density at radius 2 is 2.00 bits per heavy atom. The van der Waals surface area contributed by atoms with Gasteiger partial charge >= 0.3 is 5.97 Å². The van der Waals surface area contributed by atoms with Crippen LogP contribution in [0.25, 0.3) is 0 Å². The van der Waals surface area contributed by atoms with Crippen molar-refractivity contribution in [3.05, 3.63) is 53.6 Å². The zero-order chi connectivity index (χ0) is 20.4. The van der Waals surface area contributed by atoms with E-state index in [1.54, 1.807) is 24.3 Å². The fraction of sp³-hybridized carbons (Fsp3) is 0.318. The smallest absolute Gasteiger partial charge is 0.310 e. The van der Waals surface area contributed by atoms with E-state index >= 15 is 0 Å². The summed E-state index contributed by atoms with van der Waals surface area (Å²) in [4.78, 5) is 36.7. The summed E-state index contributed by atoms with van der Waals surface area (Å²) in [7, 11) is 0. The summed E-state index contributed by atoms with van der Waals surface area (Å²) in [6, 6.07) is 12.8. The maximum absolute atomic E-state index is 12.4. The summed E-state index contributed by atoms with van der Waals surface area (Å²) < 4.78 is 10.8. The standard InChI is InChI=1S/C22H22N2O5/c1-13(21(26)23-16-10-9-14-5-4-6-15(14)11-16)28-20(25)12-19-22(27)24-17-7-2-3-8-18(17)29-19/h2-3,7-11,13,19H,4-6,12H2,1H3,(H,23,26)(H,24,27)/t13-,19-/m0/s1. The second-order valence-electron chi connectivity index (χ2n) is 7.25. The predicted octanol–water partition coefficient (Wildman–Crippen LogP) is 2.84. The fourth-order valence-corrected chi connectivity index (χ4v) is 3.57. The Kier molecular flexibility index (Phi) is 5.20. The number of anilines is 2. The molecule has 4 rings (SSSR count). The summed E-state index contributed by atoms with van der Waals surface area (Å²) in [5, 5.41) is 5.47. The molecule has 7 nitrogen and oxygen atoms in total. The molecule has 2 aliphatic rings. The number of nitrogens with one attached hydrogen (secondary N) is 2. The van der Waals surface area contributed by atoms with Gasteiger partial charge in [0.05, 0.1) is 12.1 Å². The van der Waals surface area contributed by atoms with Crippen molar-refractivity contribution in [2.24, 2.45) is 0 Å². The molecule has 1 heterocycles. The van der Waals surface area contributed by atoms with Crippen LogP contribution in [0, 0.1) is 0 Å². The lowest BCUT2D eigenvalue weighted by Crippen LogP contribution is -2.40. The van der Waals surface area contributed by atoms with Crippen molar-refractivity contribution in [1.82, 2.24) is 0 Å². The Balaban J connectivity index is 1.31. The van der Waals surface area contributed by atoms with Gasteiger partial charge in [0.25, 0.3) is 11.8 Å². The third kappa shape index (κ3) is 4.23. The molecule has 0 bridgehead atoms. The van der Waals surface area contributed by atoms with Crippen LogP contribution in [0.3, 0.4) is 0 Å². The Morgan fingerprint density at radius 1 is 1.21 bits per heavy atom. The molecule has 0 saturated carbocycles. The quantitative estimate of drug-likeness (QED) is 0.761. The normalized spacial score (nSPS) is 18.0. The summed E-state index contributed by atoms with van der Waals surface area (Å²) >= 11 is 0. The largest absolute Gasteiger partial charge is 0.478 e. The van der Waals surface area contributed by atoms with Crippen LogP contribution in [-0.4, -0.2) is 30.0 Å². The number of esters is 1. The zero-order valence-corrected chi connectivity index (χ0v) is 16.1. The van der Waals surface area contributed by atoms with E-state index in [0.29, 0.717) is 17.1 Å². The molecule has 2 atom stereocenters. The van der Waals surface area contributed by atoms with Gasteiger partial charge in [-0.25, -0.2) is 0 Å². The van der Waals surface area contributed by atoms with Crippen LogP contribution in [0.4, 0.5) is 11.4 Å². The van der Waals surface area contributed by atoms with Gasteiger partial charge in [-0.15, -0.1) is 0 Å². The average Bonchev–Trinajstić information content (AvgIpc) is 3.16. The topological polar surface area (TPSA) is 93.7 Å². The Bertz CT molecular complexity index is 971. The fourth-order valence-electron chi connectivity index (χ4n) is 3.57. The first kappa shape index (κ1) is 19.0. The first-order chi connectivity index (χ1) is 14.0. The van der Waals surface area contributed by atoms with E-state index < -0.39 is 30.0 Å². The number of hydrogen-bond acceptors (Lipinski definition) is 5. The lowest BCUT2D eigenvalue weighted by atomic mass is 10.1. The van der Waals surface area contributed by atoms with Gasteiger partial charge in [-0.1, -0.05) is 18.2 Å². The Labute approximate surface area is 168 Å². The van der Waals surface area contributed by atoms with E-state index in [1.807, 2.05) is 18.2 Å². The van der Waals surface area contributed by atoms with Gasteiger partial charge in [0.2, 0.25) is 0 Å². The average molecular weight is 394 g/mol. The molecule has 0 aromatic heterocycles. The second-order valence-corrected chi connectivity index (χ2v) is 7.25. The monoisotopic (exact) mass is 394 g/mol. The highest BCUT2D eigenvalue weighted by molar-refractivity contribution is 6.00. The molecule has 7 heteroatoms. The lowest BCUT2D eigenvalue weighted by molar-refractivity contribution is -0.155. The minimum Gasteiger partial charge on any atom is -0.478 e. The van der Waals surface area contributed by atoms with Gasteiger partial charge in [-0.3, -0.25) is 14.4 Å². The van der Waals surface area contributed by atoms with Crippen molar-refractivity contribution in [1.29, 1.82) is 0 Å². The van der Waals surface area contributed by atoms with Gasteiger partial charge in [-0.05, 0) is 61.6 Å². The second kappa shape index (κ2) is 7.95. The number of carbonyl (C=O) groups excluding carboxylic acids is 3. The number of aryl methyl sites for hydroxylation is 2. The number of hydrogen-bond donors (Lipinski definition) is 2. The molecule has 1 aliphatic heterocycles. The van der Waals surface area contributed by atoms with Gasteiger partial charge in [0.15, 0.2) is 12.2 Å². The number of ether oxygens (including phenoxy) is 2. The minimum atomic E-state index is -0.996. The molecular weight excluding hydrogens is 372 g/mol. The van der Waals surface area contributed by atoms with E-state index in [9.17, 15) is 14.4 Å². The molecule has 0 saturated heterocycles. The van der Waals surface area contributed by atoms with Crippen LogP contribution in [0.5, 0.6) is 5.75 Å². The first-order valence-electron chi connectivity index (χ1n) is 9.68. The molecule has 150 valence electrons. The highest BCUT2D eigenvalue weighted by atomic mass is 16.6. The molecule has 2 amide bonds. The third-order valence-corrected chi connectivity index (χ3v) is 5.10. The molecule has 1 aliphatic carbocycles. The van der Waals surface area contributed by atoms with Crippen LogP contribution < -0.4 is 15.4 Å². The molecule has 0 radical (unpaired) electrons. The van der Waals surface area contributed by atoms with Gasteiger partial charge in [0, 0.05) is 5.69 Å². The van der Waals surface area contributed by atoms with Gasteiger partial charge in [0.1, 0.15) is 5.75 Å². The van der Waals surface area contributed by atoms with Crippen molar-refractivity contribution in [3.63, 3.8) is 0 Å². The number of benzene rings is 2. The van der Waals surface area contributed by atoms with Gasteiger partial charge in [-0.2, -0.15) is 0 Å². The Hall–Kier alpha value is -3.35. The summed E-state index contributed by atoms with van der Waals surface area (Å²) in [6.45, 7) is 1.50. The van der Waals surface area contributed by atoms with Crippen LogP contribution in [0.1, 0.15) is 30.9 Å². The highest BCUT2D eigenvalue weighted by Crippen LogP contribution is 2.30. The molecule has 0 unspecified atom stereocenters. The maximum Gasteiger partial charge on any atom is 0.310 e. The molecular formula is C22H22N2O5. The van der Waals surface area contributed by atoms with E-state index in [-0.39, 0.29) is 6.42 Å². The first-order valence-corrected chi connectivity index (χ1v) is 9.68. The number of carbonyl (C=O) groups is 3. The predicted molar refractivity (Wildman–Crippen MR) is 107 cm³/mol. The molecule has 2 aromatic carbocycles. The van der Waals surface area contributed by atoms with Crippen molar-refractivity contribution < 1.29 is 23.9 Å². The Morgan fingerprint density at radius 3 is 2.86 bits per heavy atom. The summed E-state index contributed by atoms with van der Waals surface area (Å²) in [5.41, 5.74) is 3.80. The van der Waals surface area contributed by atoms with Crippen molar-refractivity contribution >= 4 is 29.2 Å². The van der Waals surface area contributed by atoms with E-state index in [2.05, 4.69) is 10.6 Å². The molecule has 29 heavy (non-hydrogen) atoms. The van der Waals surface area contributed by atoms with Crippen LogP contribution in [0.2, 0.25) is 0 Å². The zero-order valence-electron chi connectivity index (χ0n) is 16.1. The summed E-state index contributed by atoms with van der Waals surface area (Å²) in [5.74, 6) is -1.03.